The van der Waals surface area contributed by atoms with Crippen LogP contribution in [-0.2, 0) is 27.3 Å². The van der Waals surface area contributed by atoms with E-state index in [4.69, 9.17) is 14.2 Å². The summed E-state index contributed by atoms with van der Waals surface area (Å²) in [5.41, 5.74) is 2.46. The van der Waals surface area contributed by atoms with Crippen LogP contribution in [0.3, 0.4) is 0 Å². The Kier molecular flexibility index (Phi) is 6.34. The van der Waals surface area contributed by atoms with Gasteiger partial charge in [0.25, 0.3) is 5.91 Å². The summed E-state index contributed by atoms with van der Waals surface area (Å²) in [5, 5.41) is 2.79. The maximum absolute atomic E-state index is 12.7. The van der Waals surface area contributed by atoms with Crippen LogP contribution < -0.4 is 19.6 Å². The smallest absolute Gasteiger partial charge is 0.252 e. The van der Waals surface area contributed by atoms with E-state index in [1.54, 1.807) is 6.07 Å². The predicted molar refractivity (Wildman–Crippen MR) is 117 cm³/mol. The molecule has 1 aromatic heterocycles. The van der Waals surface area contributed by atoms with Gasteiger partial charge in [-0.15, -0.1) is 0 Å². The lowest BCUT2D eigenvalue weighted by Crippen LogP contribution is -2.20. The maximum Gasteiger partial charge on any atom is 0.252 e. The van der Waals surface area contributed by atoms with E-state index in [1.807, 2.05) is 41.8 Å². The Labute approximate surface area is 183 Å². The molecule has 1 N–H and O–H groups in total. The summed E-state index contributed by atoms with van der Waals surface area (Å²) in [6.07, 6.45) is 0.160. The third-order valence-corrected chi connectivity index (χ3v) is 5.72. The molecule has 1 aliphatic heterocycles. The second-order valence-corrected chi connectivity index (χ2v) is 7.98. The van der Waals surface area contributed by atoms with Gasteiger partial charge in [0.2, 0.25) is 12.7 Å². The van der Waals surface area contributed by atoms with Crippen LogP contribution >= 0.6 is 11.3 Å². The van der Waals surface area contributed by atoms with Gasteiger partial charge in [-0.3, -0.25) is 9.59 Å². The molecule has 2 aromatic carbocycles. The average Bonchev–Trinajstić information content (AvgIpc) is 3.31. The fourth-order valence-corrected chi connectivity index (χ4v) is 4.44. The van der Waals surface area contributed by atoms with Crippen LogP contribution in [-0.4, -0.2) is 36.4 Å². The monoisotopic (exact) mass is 441 g/mol. The molecule has 3 aromatic rings. The van der Waals surface area contributed by atoms with Gasteiger partial charge in [0.1, 0.15) is 0 Å². The van der Waals surface area contributed by atoms with Gasteiger partial charge in [0, 0.05) is 25.8 Å². The second-order valence-electron chi connectivity index (χ2n) is 6.97. The number of carbonyl (C=O) groups excluding carboxylic acids is 2. The van der Waals surface area contributed by atoms with E-state index >= 15 is 0 Å². The van der Waals surface area contributed by atoms with E-state index in [-0.39, 0.29) is 25.0 Å². The summed E-state index contributed by atoms with van der Waals surface area (Å²) in [6, 6.07) is 11.1. The molecule has 8 nitrogen and oxygen atoms in total. The van der Waals surface area contributed by atoms with E-state index in [9.17, 15) is 9.59 Å². The minimum Gasteiger partial charge on any atom is -0.454 e. The van der Waals surface area contributed by atoms with E-state index in [0.717, 1.165) is 15.8 Å². The fourth-order valence-electron chi connectivity index (χ4n) is 3.33. The van der Waals surface area contributed by atoms with Gasteiger partial charge < -0.3 is 24.1 Å². The molecule has 9 heteroatoms. The van der Waals surface area contributed by atoms with Crippen molar-refractivity contribution in [2.75, 3.05) is 25.3 Å². The van der Waals surface area contributed by atoms with Crippen LogP contribution in [0, 0.1) is 0 Å². The molecule has 31 heavy (non-hydrogen) atoms. The Balaban J connectivity index is 1.64. The zero-order chi connectivity index (χ0) is 21.8. The summed E-state index contributed by atoms with van der Waals surface area (Å²) in [7, 11) is 0. The summed E-state index contributed by atoms with van der Waals surface area (Å²) in [5.74, 6) is 0.937. The number of hydrogen-bond donors (Lipinski definition) is 1. The number of ether oxygens (including phenoxy) is 3. The third-order valence-electron chi connectivity index (χ3n) is 4.68. The van der Waals surface area contributed by atoms with Crippen molar-refractivity contribution < 1.29 is 23.8 Å². The van der Waals surface area contributed by atoms with E-state index in [2.05, 4.69) is 10.3 Å². The highest BCUT2D eigenvalue weighted by atomic mass is 32.1. The lowest BCUT2D eigenvalue weighted by molar-refractivity contribution is -0.117. The molecule has 0 bridgehead atoms. The Morgan fingerprint density at radius 2 is 2.03 bits per heavy atom. The first-order valence-corrected chi connectivity index (χ1v) is 10.8. The highest BCUT2D eigenvalue weighted by molar-refractivity contribution is 7.16. The molecule has 0 saturated carbocycles. The molecule has 0 aliphatic carbocycles. The first-order chi connectivity index (χ1) is 15.0. The zero-order valence-corrected chi connectivity index (χ0v) is 18.2. The quantitative estimate of drug-likeness (QED) is 0.569. The Bertz CT molecular complexity index is 1200. The number of carbonyl (C=O) groups is 2. The van der Waals surface area contributed by atoms with Crippen molar-refractivity contribution in [3.8, 4) is 11.5 Å². The van der Waals surface area contributed by atoms with Gasteiger partial charge in [0.05, 0.1) is 23.2 Å². The van der Waals surface area contributed by atoms with Crippen LogP contribution in [0.4, 0.5) is 5.69 Å². The van der Waals surface area contributed by atoms with Gasteiger partial charge in [-0.25, -0.2) is 0 Å². The molecule has 0 atom stereocenters. The van der Waals surface area contributed by atoms with E-state index < -0.39 is 0 Å². The topological polar surface area (TPSA) is 91.2 Å². The predicted octanol–water partition coefficient (Wildman–Crippen LogP) is 3.10. The molecule has 1 aliphatic rings. The van der Waals surface area contributed by atoms with Crippen molar-refractivity contribution in [1.29, 1.82) is 0 Å². The summed E-state index contributed by atoms with van der Waals surface area (Å²) >= 11 is 1.41. The number of hydrogen-bond acceptors (Lipinski definition) is 6. The van der Waals surface area contributed by atoms with Gasteiger partial charge in [-0.05, 0) is 42.8 Å². The molecule has 0 unspecified atom stereocenters. The number of aromatic nitrogens is 1. The molecule has 0 spiro atoms. The van der Waals surface area contributed by atoms with Crippen LogP contribution in [0.15, 0.2) is 41.4 Å². The van der Waals surface area contributed by atoms with E-state index in [1.165, 1.54) is 18.3 Å². The van der Waals surface area contributed by atoms with Gasteiger partial charge in [-0.2, -0.15) is 4.99 Å². The van der Waals surface area contributed by atoms with E-state index in [0.29, 0.717) is 41.7 Å². The molecule has 0 saturated heterocycles. The number of nitrogens with one attached hydrogen (secondary N) is 1. The van der Waals surface area contributed by atoms with Crippen molar-refractivity contribution >= 4 is 39.1 Å². The minimum atomic E-state index is -0.252. The number of rotatable bonds is 7. The Morgan fingerprint density at radius 3 is 2.84 bits per heavy atom. The molecular weight excluding hydrogens is 418 g/mol. The van der Waals surface area contributed by atoms with Crippen molar-refractivity contribution in [3.63, 3.8) is 0 Å². The second kappa shape index (κ2) is 9.32. The van der Waals surface area contributed by atoms with Crippen LogP contribution in [0.25, 0.3) is 10.2 Å². The maximum atomic E-state index is 12.7. The summed E-state index contributed by atoms with van der Waals surface area (Å²) in [4.78, 5) is 29.1. The van der Waals surface area contributed by atoms with Gasteiger partial charge in [0.15, 0.2) is 16.3 Å². The van der Waals surface area contributed by atoms with Gasteiger partial charge in [-0.1, -0.05) is 17.4 Å². The van der Waals surface area contributed by atoms with Crippen molar-refractivity contribution in [2.24, 2.45) is 4.99 Å². The Morgan fingerprint density at radius 1 is 1.19 bits per heavy atom. The first-order valence-electron chi connectivity index (χ1n) is 9.98. The number of benzene rings is 2. The SMILES string of the molecule is CCOCCn1c(=NC(=O)Cc2ccc3c(c2)OCO3)sc2cc(NC(C)=O)ccc21. The van der Waals surface area contributed by atoms with Crippen LogP contribution in [0.1, 0.15) is 19.4 Å². The lowest BCUT2D eigenvalue weighted by atomic mass is 10.1. The molecule has 2 heterocycles. The average molecular weight is 442 g/mol. The molecule has 4 rings (SSSR count). The van der Waals surface area contributed by atoms with Crippen molar-refractivity contribution in [1.82, 2.24) is 4.57 Å². The molecule has 2 amide bonds. The highest BCUT2D eigenvalue weighted by Gasteiger charge is 2.15. The largest absolute Gasteiger partial charge is 0.454 e. The number of nitrogens with zero attached hydrogens (tertiary/aromatic N) is 2. The molecule has 0 radical (unpaired) electrons. The summed E-state index contributed by atoms with van der Waals surface area (Å²) in [6.45, 7) is 5.31. The highest BCUT2D eigenvalue weighted by Crippen LogP contribution is 2.32. The number of anilines is 1. The molecular formula is C22H23N3O5S. The number of thiazole rings is 1. The molecule has 162 valence electrons. The van der Waals surface area contributed by atoms with Crippen LogP contribution in [0.5, 0.6) is 11.5 Å². The van der Waals surface area contributed by atoms with Crippen molar-refractivity contribution in [3.05, 3.63) is 46.8 Å². The first kappa shape index (κ1) is 21.1. The third kappa shape index (κ3) is 4.95. The van der Waals surface area contributed by atoms with Crippen molar-refractivity contribution in [2.45, 2.75) is 26.8 Å². The van der Waals surface area contributed by atoms with Crippen LogP contribution in [0.2, 0.25) is 0 Å². The number of amides is 2. The minimum absolute atomic E-state index is 0.135. The summed E-state index contributed by atoms with van der Waals surface area (Å²) < 4.78 is 19.1. The Hall–Kier alpha value is -3.17. The number of fused-ring (bicyclic) bond motifs is 2. The zero-order valence-electron chi connectivity index (χ0n) is 17.3. The standard InChI is InChI=1S/C22H23N3O5S/c1-3-28-9-8-25-17-6-5-16(23-14(2)26)12-20(17)31-22(25)24-21(27)11-15-4-7-18-19(10-15)30-13-29-18/h4-7,10,12H,3,8-9,11,13H2,1-2H3,(H,23,26). The fraction of sp³-hybridized carbons (Fsp3) is 0.318. The lowest BCUT2D eigenvalue weighted by Gasteiger charge is -2.06. The van der Waals surface area contributed by atoms with Gasteiger partial charge >= 0.3 is 0 Å². The molecule has 0 fully saturated rings. The normalized spacial score (nSPS) is 13.0.